The van der Waals surface area contributed by atoms with Crippen LogP contribution in [0, 0.1) is 5.92 Å². The highest BCUT2D eigenvalue weighted by molar-refractivity contribution is 7.89. The topological polar surface area (TPSA) is 78.6 Å². The number of benzene rings is 1. The number of nitrogens with two attached hydrogens (primary N) is 1. The first kappa shape index (κ1) is 14.9. The summed E-state index contributed by atoms with van der Waals surface area (Å²) in [7, 11) is -1.81. The number of sulfonamides is 1. The van der Waals surface area contributed by atoms with E-state index in [9.17, 15) is 8.42 Å². The predicted octanol–water partition coefficient (Wildman–Crippen LogP) is 1.14. The largest absolute Gasteiger partial charge is 0.497 e. The van der Waals surface area contributed by atoms with Crippen molar-refractivity contribution in [3.05, 3.63) is 29.8 Å². The number of rotatable bonds is 7. The van der Waals surface area contributed by atoms with Gasteiger partial charge in [0.1, 0.15) is 5.75 Å². The summed E-state index contributed by atoms with van der Waals surface area (Å²) in [5, 5.41) is 4.95. The number of primary sulfonamides is 1. The van der Waals surface area contributed by atoms with Crippen LogP contribution in [0.5, 0.6) is 5.75 Å². The van der Waals surface area contributed by atoms with E-state index in [2.05, 4.69) is 0 Å². The van der Waals surface area contributed by atoms with E-state index in [1.165, 1.54) is 0 Å². The van der Waals surface area contributed by atoms with E-state index < -0.39 is 10.0 Å². The SMILES string of the molecule is COc1ccc(COCC(C)CS(N)(=O)=O)cc1. The average Bonchev–Trinajstić information content (AvgIpc) is 2.27. The van der Waals surface area contributed by atoms with E-state index in [1.807, 2.05) is 24.3 Å². The van der Waals surface area contributed by atoms with E-state index in [0.717, 1.165) is 11.3 Å². The van der Waals surface area contributed by atoms with E-state index in [0.29, 0.717) is 13.2 Å². The van der Waals surface area contributed by atoms with Gasteiger partial charge < -0.3 is 9.47 Å². The van der Waals surface area contributed by atoms with Crippen LogP contribution in [-0.4, -0.2) is 27.9 Å². The molecule has 18 heavy (non-hydrogen) atoms. The maximum Gasteiger partial charge on any atom is 0.209 e. The zero-order chi connectivity index (χ0) is 13.6. The Labute approximate surface area is 108 Å². The maximum atomic E-state index is 10.9. The van der Waals surface area contributed by atoms with Crippen molar-refractivity contribution in [1.29, 1.82) is 0 Å². The van der Waals surface area contributed by atoms with Gasteiger partial charge in [-0.05, 0) is 23.6 Å². The van der Waals surface area contributed by atoms with Gasteiger partial charge in [-0.25, -0.2) is 13.6 Å². The molecule has 0 saturated carbocycles. The van der Waals surface area contributed by atoms with Gasteiger partial charge in [-0.1, -0.05) is 19.1 Å². The van der Waals surface area contributed by atoms with Crippen molar-refractivity contribution in [1.82, 2.24) is 0 Å². The number of methoxy groups -OCH3 is 1. The minimum Gasteiger partial charge on any atom is -0.497 e. The summed E-state index contributed by atoms with van der Waals surface area (Å²) in [6.07, 6.45) is 0. The summed E-state index contributed by atoms with van der Waals surface area (Å²) < 4.78 is 32.2. The molecule has 102 valence electrons. The maximum absolute atomic E-state index is 10.9. The Morgan fingerprint density at radius 3 is 2.39 bits per heavy atom. The molecule has 2 N–H and O–H groups in total. The van der Waals surface area contributed by atoms with Gasteiger partial charge in [0.15, 0.2) is 0 Å². The second-order valence-electron chi connectivity index (χ2n) is 4.30. The third-order valence-electron chi connectivity index (χ3n) is 2.35. The molecule has 1 aromatic carbocycles. The molecule has 0 aliphatic rings. The van der Waals surface area contributed by atoms with Crippen LogP contribution in [-0.2, 0) is 21.4 Å². The molecule has 0 aromatic heterocycles. The molecular weight excluding hydrogens is 254 g/mol. The summed E-state index contributed by atoms with van der Waals surface area (Å²) >= 11 is 0. The Morgan fingerprint density at radius 1 is 1.28 bits per heavy atom. The lowest BCUT2D eigenvalue weighted by molar-refractivity contribution is 0.0977. The molecule has 0 heterocycles. The molecule has 1 unspecified atom stereocenters. The molecule has 0 aliphatic heterocycles. The molecule has 0 fully saturated rings. The van der Waals surface area contributed by atoms with Crippen molar-refractivity contribution < 1.29 is 17.9 Å². The van der Waals surface area contributed by atoms with Crippen LogP contribution in [0.4, 0.5) is 0 Å². The number of hydrogen-bond donors (Lipinski definition) is 1. The second-order valence-corrected chi connectivity index (χ2v) is 5.96. The molecule has 0 saturated heterocycles. The van der Waals surface area contributed by atoms with E-state index >= 15 is 0 Å². The first-order valence-electron chi connectivity index (χ1n) is 5.62. The third kappa shape index (κ3) is 6.00. The van der Waals surface area contributed by atoms with Gasteiger partial charge in [-0.2, -0.15) is 0 Å². The quantitative estimate of drug-likeness (QED) is 0.808. The van der Waals surface area contributed by atoms with E-state index in [-0.39, 0.29) is 11.7 Å². The van der Waals surface area contributed by atoms with Crippen molar-refractivity contribution >= 4 is 10.0 Å². The lowest BCUT2D eigenvalue weighted by Gasteiger charge is -2.11. The van der Waals surface area contributed by atoms with Gasteiger partial charge in [-0.3, -0.25) is 0 Å². The molecule has 1 aromatic rings. The molecule has 1 rings (SSSR count). The molecule has 0 radical (unpaired) electrons. The van der Waals surface area contributed by atoms with Gasteiger partial charge in [-0.15, -0.1) is 0 Å². The van der Waals surface area contributed by atoms with Crippen LogP contribution >= 0.6 is 0 Å². The van der Waals surface area contributed by atoms with Crippen molar-refractivity contribution in [2.45, 2.75) is 13.5 Å². The standard InChI is InChI=1S/C12H19NO4S/c1-10(9-18(13,14)15)7-17-8-11-3-5-12(16-2)6-4-11/h3-6,10H,7-9H2,1-2H3,(H2,13,14,15). The van der Waals surface area contributed by atoms with Crippen LogP contribution < -0.4 is 9.88 Å². The summed E-state index contributed by atoms with van der Waals surface area (Å²) in [5.41, 5.74) is 1.01. The zero-order valence-electron chi connectivity index (χ0n) is 10.6. The van der Waals surface area contributed by atoms with Crippen LogP contribution in [0.1, 0.15) is 12.5 Å². The molecule has 0 spiro atoms. The summed E-state index contributed by atoms with van der Waals surface area (Å²) in [4.78, 5) is 0. The van der Waals surface area contributed by atoms with Crippen LogP contribution in [0.15, 0.2) is 24.3 Å². The van der Waals surface area contributed by atoms with Gasteiger partial charge in [0.25, 0.3) is 0 Å². The molecule has 0 aliphatic carbocycles. The highest BCUT2D eigenvalue weighted by Crippen LogP contribution is 2.12. The highest BCUT2D eigenvalue weighted by atomic mass is 32.2. The van der Waals surface area contributed by atoms with Crippen LogP contribution in [0.2, 0.25) is 0 Å². The minimum absolute atomic E-state index is 0.0599. The Morgan fingerprint density at radius 2 is 1.89 bits per heavy atom. The molecule has 6 heteroatoms. The fourth-order valence-electron chi connectivity index (χ4n) is 1.54. The van der Waals surface area contributed by atoms with Crippen molar-refractivity contribution in [3.63, 3.8) is 0 Å². The number of ether oxygens (including phenoxy) is 2. The van der Waals surface area contributed by atoms with Crippen LogP contribution in [0.25, 0.3) is 0 Å². The smallest absolute Gasteiger partial charge is 0.209 e. The lowest BCUT2D eigenvalue weighted by Crippen LogP contribution is -2.24. The molecule has 0 bridgehead atoms. The zero-order valence-corrected chi connectivity index (χ0v) is 11.4. The molecule has 0 amide bonds. The normalized spacial score (nSPS) is 13.3. The lowest BCUT2D eigenvalue weighted by atomic mass is 10.2. The summed E-state index contributed by atoms with van der Waals surface area (Å²) in [6, 6.07) is 7.52. The Kier molecular flexibility index (Phi) is 5.58. The average molecular weight is 273 g/mol. The fraction of sp³-hybridized carbons (Fsp3) is 0.500. The Hall–Kier alpha value is -1.11. The number of hydrogen-bond acceptors (Lipinski definition) is 4. The van der Waals surface area contributed by atoms with Crippen molar-refractivity contribution in [3.8, 4) is 5.75 Å². The van der Waals surface area contributed by atoms with Crippen molar-refractivity contribution in [2.24, 2.45) is 11.1 Å². The first-order valence-corrected chi connectivity index (χ1v) is 7.33. The summed E-state index contributed by atoms with van der Waals surface area (Å²) in [5.74, 6) is 0.620. The van der Waals surface area contributed by atoms with E-state index in [4.69, 9.17) is 14.6 Å². The van der Waals surface area contributed by atoms with Gasteiger partial charge >= 0.3 is 0 Å². The predicted molar refractivity (Wildman–Crippen MR) is 69.8 cm³/mol. The van der Waals surface area contributed by atoms with Gasteiger partial charge in [0, 0.05) is 0 Å². The second kappa shape index (κ2) is 6.72. The third-order valence-corrected chi connectivity index (χ3v) is 3.38. The first-order chi connectivity index (χ1) is 8.40. The van der Waals surface area contributed by atoms with Gasteiger partial charge in [0.2, 0.25) is 10.0 Å². The Bertz CT molecular complexity index is 455. The summed E-state index contributed by atoms with van der Waals surface area (Å²) in [6.45, 7) is 2.60. The molecule has 1 atom stereocenters. The van der Waals surface area contributed by atoms with Gasteiger partial charge in [0.05, 0.1) is 26.1 Å². The van der Waals surface area contributed by atoms with E-state index in [1.54, 1.807) is 14.0 Å². The highest BCUT2D eigenvalue weighted by Gasteiger charge is 2.10. The fourth-order valence-corrected chi connectivity index (χ4v) is 2.43. The monoisotopic (exact) mass is 273 g/mol. The molecule has 5 nitrogen and oxygen atoms in total. The Balaban J connectivity index is 2.32. The van der Waals surface area contributed by atoms with Crippen molar-refractivity contribution in [2.75, 3.05) is 19.5 Å². The molecular formula is C12H19NO4S. The van der Waals surface area contributed by atoms with Crippen LogP contribution in [0.3, 0.4) is 0 Å². The minimum atomic E-state index is -3.42.